The van der Waals surface area contributed by atoms with E-state index in [1.807, 2.05) is 0 Å². The second-order valence-corrected chi connectivity index (χ2v) is 11.5. The summed E-state index contributed by atoms with van der Waals surface area (Å²) in [6.07, 6.45) is -32.5. The molecule has 13 N–H and O–H groups in total. The van der Waals surface area contributed by atoms with Gasteiger partial charge < -0.3 is 99.5 Å². The fraction of sp³-hybridized carbons (Fsp3) is 1.00. The molecule has 20 atom stereocenters. The van der Waals surface area contributed by atoms with E-state index in [4.69, 9.17) is 33.2 Å². The van der Waals surface area contributed by atoms with Crippen molar-refractivity contribution in [3.63, 3.8) is 0 Å². The van der Waals surface area contributed by atoms with Crippen LogP contribution in [-0.2, 0) is 33.2 Å². The quantitative estimate of drug-likeness (QED) is 0.103. The lowest BCUT2D eigenvalue weighted by Crippen LogP contribution is -2.67. The zero-order valence-corrected chi connectivity index (χ0v) is 24.0. The molecule has 4 fully saturated rings. The Labute approximate surface area is 256 Å². The third-order valence-corrected chi connectivity index (χ3v) is 8.46. The smallest absolute Gasteiger partial charge is 0.187 e. The second-order valence-electron chi connectivity index (χ2n) is 11.5. The summed E-state index contributed by atoms with van der Waals surface area (Å²) >= 11 is 0. The molecule has 4 rings (SSSR count). The molecule has 0 saturated carbocycles. The Morgan fingerprint density at radius 3 is 1.13 bits per heavy atom. The van der Waals surface area contributed by atoms with Crippen molar-refractivity contribution < 1.29 is 99.5 Å². The van der Waals surface area contributed by atoms with Crippen molar-refractivity contribution in [3.05, 3.63) is 0 Å². The van der Waals surface area contributed by atoms with E-state index in [1.54, 1.807) is 0 Å². The zero-order valence-electron chi connectivity index (χ0n) is 24.0. The maximum absolute atomic E-state index is 11.2. The first-order valence-corrected chi connectivity index (χ1v) is 14.4. The molecule has 45 heavy (non-hydrogen) atoms. The third kappa shape index (κ3) is 7.45. The minimum atomic E-state index is -1.94. The van der Waals surface area contributed by atoms with E-state index in [2.05, 4.69) is 0 Å². The van der Waals surface area contributed by atoms with Crippen molar-refractivity contribution >= 4 is 0 Å². The van der Waals surface area contributed by atoms with Gasteiger partial charge in [-0.1, -0.05) is 0 Å². The molecule has 264 valence electrons. The number of ether oxygens (including phenoxy) is 7. The van der Waals surface area contributed by atoms with Crippen molar-refractivity contribution in [1.82, 2.24) is 0 Å². The van der Waals surface area contributed by atoms with Gasteiger partial charge in [0, 0.05) is 0 Å². The van der Waals surface area contributed by atoms with Crippen LogP contribution >= 0.6 is 0 Å². The summed E-state index contributed by atoms with van der Waals surface area (Å²) in [4.78, 5) is 0. The molecule has 4 aliphatic heterocycles. The zero-order chi connectivity index (χ0) is 33.3. The molecule has 0 amide bonds. The van der Waals surface area contributed by atoms with Gasteiger partial charge in [-0.2, -0.15) is 0 Å². The van der Waals surface area contributed by atoms with Gasteiger partial charge in [-0.15, -0.1) is 0 Å². The maximum atomic E-state index is 11.2. The molecule has 0 aromatic heterocycles. The molecule has 0 aliphatic carbocycles. The summed E-state index contributed by atoms with van der Waals surface area (Å²) < 4.78 is 38.8. The van der Waals surface area contributed by atoms with Crippen LogP contribution in [0.3, 0.4) is 0 Å². The third-order valence-electron chi connectivity index (χ3n) is 8.46. The van der Waals surface area contributed by atoms with Crippen LogP contribution in [0.1, 0.15) is 6.92 Å². The highest BCUT2D eigenvalue weighted by Crippen LogP contribution is 2.34. The summed E-state index contributed by atoms with van der Waals surface area (Å²) in [5.41, 5.74) is 0. The minimum Gasteiger partial charge on any atom is -0.394 e. The van der Waals surface area contributed by atoms with Crippen LogP contribution in [0.15, 0.2) is 0 Å². The van der Waals surface area contributed by atoms with Gasteiger partial charge in [-0.05, 0) is 6.92 Å². The van der Waals surface area contributed by atoms with Crippen molar-refractivity contribution in [2.24, 2.45) is 0 Å². The Morgan fingerprint density at radius 1 is 0.378 bits per heavy atom. The van der Waals surface area contributed by atoms with Crippen LogP contribution in [0, 0.1) is 0 Å². The van der Waals surface area contributed by atoms with Gasteiger partial charge in [-0.25, -0.2) is 0 Å². The van der Waals surface area contributed by atoms with E-state index in [1.165, 1.54) is 6.92 Å². The highest BCUT2D eigenvalue weighted by molar-refractivity contribution is 4.98. The van der Waals surface area contributed by atoms with E-state index in [0.717, 1.165) is 0 Å². The van der Waals surface area contributed by atoms with Gasteiger partial charge >= 0.3 is 0 Å². The fourth-order valence-electron chi connectivity index (χ4n) is 5.78. The first-order valence-electron chi connectivity index (χ1n) is 14.4. The number of aliphatic hydroxyl groups excluding tert-OH is 13. The number of hydrogen-bond donors (Lipinski definition) is 13. The van der Waals surface area contributed by atoms with Crippen LogP contribution in [0.2, 0.25) is 0 Å². The molecule has 4 aliphatic rings. The van der Waals surface area contributed by atoms with Gasteiger partial charge in [0.05, 0.1) is 32.5 Å². The van der Waals surface area contributed by atoms with Gasteiger partial charge in [0.1, 0.15) is 97.7 Å². The number of rotatable bonds is 10. The molecule has 20 heteroatoms. The van der Waals surface area contributed by atoms with Crippen molar-refractivity contribution in [2.75, 3.05) is 26.4 Å². The monoisotopic (exact) mass is 664 g/mol. The molecule has 20 nitrogen and oxygen atoms in total. The first-order chi connectivity index (χ1) is 21.3. The summed E-state index contributed by atoms with van der Waals surface area (Å²) in [5, 5.41) is 133. The fourth-order valence-corrected chi connectivity index (χ4v) is 5.78. The lowest BCUT2D eigenvalue weighted by atomic mass is 9.94. The second kappa shape index (κ2) is 15.6. The van der Waals surface area contributed by atoms with E-state index >= 15 is 0 Å². The predicted molar refractivity (Wildman–Crippen MR) is 137 cm³/mol. The number of aliphatic hydroxyl groups is 13. The van der Waals surface area contributed by atoms with Crippen molar-refractivity contribution in [1.29, 1.82) is 0 Å². The summed E-state index contributed by atoms with van der Waals surface area (Å²) in [6.45, 7) is -1.64. The summed E-state index contributed by atoms with van der Waals surface area (Å²) in [5.74, 6) is 0. The normalized spacial score (nSPS) is 52.9. The van der Waals surface area contributed by atoms with Crippen LogP contribution in [0.5, 0.6) is 0 Å². The number of hydrogen-bond acceptors (Lipinski definition) is 20. The Balaban J connectivity index is 1.46. The maximum Gasteiger partial charge on any atom is 0.187 e. The largest absolute Gasteiger partial charge is 0.394 e. The Morgan fingerprint density at radius 2 is 0.711 bits per heavy atom. The average molecular weight is 665 g/mol. The highest BCUT2D eigenvalue weighted by Gasteiger charge is 2.54. The molecular formula is C25H44O20. The molecule has 0 unspecified atom stereocenters. The van der Waals surface area contributed by atoms with E-state index in [-0.39, 0.29) is 0 Å². The van der Waals surface area contributed by atoms with Gasteiger partial charge in [-0.3, -0.25) is 0 Å². The predicted octanol–water partition coefficient (Wildman–Crippen LogP) is -8.68. The molecule has 0 aromatic carbocycles. The van der Waals surface area contributed by atoms with Gasteiger partial charge in [0.2, 0.25) is 0 Å². The molecule has 4 saturated heterocycles. The highest BCUT2D eigenvalue weighted by atomic mass is 16.8. The van der Waals surface area contributed by atoms with Crippen LogP contribution < -0.4 is 0 Å². The standard InChI is InChI=1S/C25H44O20/c1-6-20(19(38)22(9(4-28)39-6)45-24-17(36)14(33)12(31)8(3-27)41-24)43-25-18(37)15(34)21(10(5-29)42-25)44-23-16(35)13(32)11(30)7(2-26)40-23/h6-38H,2-5H2,1H3/t6-,7+,8+,9+,10+,11+,12+,13-,14-,15+,16+,17+,18+,19+,20-,21+,22+,23-,24-,25-/m0/s1. The van der Waals surface area contributed by atoms with Crippen molar-refractivity contribution in [3.8, 4) is 0 Å². The lowest BCUT2D eigenvalue weighted by Gasteiger charge is -2.49. The SMILES string of the molecule is C[C@@H]1O[C@H](CO)[C@@H](O[C@@H]2O[C@H](CO)[C@@H](O)[C@H](O)[C@H]2O)[C@H](O)[C@H]1O[C@@H]1O[C@H](CO)[C@@H](O[C@@H]2O[C@H](CO)[C@@H](O)[C@H](O)[C@H]2O)[C@H](O)[C@H]1O. The van der Waals surface area contributed by atoms with Crippen LogP contribution in [-0.4, -0.2) is 215 Å². The molecular weight excluding hydrogens is 620 g/mol. The van der Waals surface area contributed by atoms with E-state index in [0.29, 0.717) is 0 Å². The lowest BCUT2D eigenvalue weighted by molar-refractivity contribution is -0.379. The molecule has 0 bridgehead atoms. The molecule has 4 heterocycles. The van der Waals surface area contributed by atoms with Crippen molar-refractivity contribution in [2.45, 2.75) is 130 Å². The van der Waals surface area contributed by atoms with Gasteiger partial charge in [0.25, 0.3) is 0 Å². The van der Waals surface area contributed by atoms with Gasteiger partial charge in [0.15, 0.2) is 18.9 Å². The first kappa shape index (κ1) is 37.0. The van der Waals surface area contributed by atoms with Crippen LogP contribution in [0.25, 0.3) is 0 Å². The average Bonchev–Trinajstić information content (AvgIpc) is 3.03. The Hall–Kier alpha value is -0.800. The van der Waals surface area contributed by atoms with Crippen LogP contribution in [0.4, 0.5) is 0 Å². The Bertz CT molecular complexity index is 912. The summed E-state index contributed by atoms with van der Waals surface area (Å²) in [6, 6.07) is 0. The topological polar surface area (TPSA) is 328 Å². The Kier molecular flexibility index (Phi) is 12.8. The molecule has 0 radical (unpaired) electrons. The van der Waals surface area contributed by atoms with E-state index < -0.39 is 149 Å². The minimum absolute atomic E-state index is 0.707. The molecule has 0 aromatic rings. The summed E-state index contributed by atoms with van der Waals surface area (Å²) in [7, 11) is 0. The molecule has 0 spiro atoms. The van der Waals surface area contributed by atoms with E-state index in [9.17, 15) is 66.4 Å².